The van der Waals surface area contributed by atoms with Gasteiger partial charge in [0.25, 0.3) is 5.91 Å². The van der Waals surface area contributed by atoms with Gasteiger partial charge in [-0.2, -0.15) is 0 Å². The molecule has 0 spiro atoms. The van der Waals surface area contributed by atoms with Crippen LogP contribution < -0.4 is 15.4 Å². The van der Waals surface area contributed by atoms with Crippen LogP contribution in [0.15, 0.2) is 12.1 Å². The van der Waals surface area contributed by atoms with Crippen molar-refractivity contribution in [3.8, 4) is 0 Å². The number of nitrogens with one attached hydrogen (secondary N) is 3. The van der Waals surface area contributed by atoms with Crippen molar-refractivity contribution in [1.82, 2.24) is 15.0 Å². The number of hydrogen-bond donors (Lipinski definition) is 3. The molecule has 1 amide bonds. The highest BCUT2D eigenvalue weighted by molar-refractivity contribution is 7.89. The minimum absolute atomic E-state index is 0.0185. The third-order valence-electron chi connectivity index (χ3n) is 2.43. The standard InChI is InChI=1S/C12H19ClN4O3S/c1-3-14-11-8-9(7-10(13)17-11)12(18)15-5-6-21(19,20)16-4-2/h7-8,16H,3-6H2,1-2H3,(H,14,17)(H,15,18). The number of carbonyl (C=O) groups is 1. The Morgan fingerprint density at radius 1 is 1.29 bits per heavy atom. The Kier molecular flexibility index (Phi) is 6.86. The first kappa shape index (κ1) is 17.7. The molecule has 0 aliphatic carbocycles. The van der Waals surface area contributed by atoms with Gasteiger partial charge in [-0.15, -0.1) is 0 Å². The summed E-state index contributed by atoms with van der Waals surface area (Å²) in [5.41, 5.74) is 0.326. The molecule has 1 aromatic rings. The number of nitrogens with zero attached hydrogens (tertiary/aromatic N) is 1. The first-order valence-electron chi connectivity index (χ1n) is 6.55. The van der Waals surface area contributed by atoms with E-state index in [4.69, 9.17) is 11.6 Å². The van der Waals surface area contributed by atoms with Gasteiger partial charge < -0.3 is 10.6 Å². The number of rotatable bonds is 8. The largest absolute Gasteiger partial charge is 0.370 e. The molecule has 1 rings (SSSR count). The van der Waals surface area contributed by atoms with Crippen molar-refractivity contribution in [2.24, 2.45) is 0 Å². The lowest BCUT2D eigenvalue weighted by atomic mass is 10.2. The molecule has 0 saturated heterocycles. The highest BCUT2D eigenvalue weighted by Gasteiger charge is 2.12. The van der Waals surface area contributed by atoms with E-state index in [-0.39, 0.29) is 17.5 Å². The van der Waals surface area contributed by atoms with Crippen LogP contribution in [0.4, 0.5) is 5.82 Å². The SMILES string of the molecule is CCNc1cc(C(=O)NCCS(=O)(=O)NCC)cc(Cl)n1. The summed E-state index contributed by atoms with van der Waals surface area (Å²) in [6.07, 6.45) is 0. The third-order valence-corrected chi connectivity index (χ3v) is 4.10. The maximum Gasteiger partial charge on any atom is 0.251 e. The van der Waals surface area contributed by atoms with E-state index >= 15 is 0 Å². The molecule has 9 heteroatoms. The average Bonchev–Trinajstić information content (AvgIpc) is 2.38. The van der Waals surface area contributed by atoms with Crippen molar-refractivity contribution in [2.45, 2.75) is 13.8 Å². The molecular weight excluding hydrogens is 316 g/mol. The molecular formula is C12H19ClN4O3S. The molecule has 7 nitrogen and oxygen atoms in total. The molecule has 118 valence electrons. The zero-order valence-corrected chi connectivity index (χ0v) is 13.5. The van der Waals surface area contributed by atoms with Crippen molar-refractivity contribution in [3.63, 3.8) is 0 Å². The van der Waals surface area contributed by atoms with Crippen LogP contribution in [-0.4, -0.2) is 44.7 Å². The smallest absolute Gasteiger partial charge is 0.251 e. The molecule has 0 aromatic carbocycles. The lowest BCUT2D eigenvalue weighted by Crippen LogP contribution is -2.34. The fourth-order valence-electron chi connectivity index (χ4n) is 1.59. The van der Waals surface area contributed by atoms with Gasteiger partial charge in [-0.1, -0.05) is 18.5 Å². The maximum atomic E-state index is 12.0. The molecule has 0 aliphatic rings. The van der Waals surface area contributed by atoms with E-state index in [0.29, 0.717) is 24.5 Å². The van der Waals surface area contributed by atoms with Gasteiger partial charge in [0, 0.05) is 25.2 Å². The van der Waals surface area contributed by atoms with Crippen LogP contribution in [0.5, 0.6) is 0 Å². The van der Waals surface area contributed by atoms with Crippen molar-refractivity contribution in [3.05, 3.63) is 22.8 Å². The number of amides is 1. The summed E-state index contributed by atoms with van der Waals surface area (Å²) in [5.74, 6) is -0.0774. The van der Waals surface area contributed by atoms with Crippen LogP contribution in [0.1, 0.15) is 24.2 Å². The predicted molar refractivity (Wildman–Crippen MR) is 83.2 cm³/mol. The van der Waals surface area contributed by atoms with Gasteiger partial charge in [-0.25, -0.2) is 18.1 Å². The Morgan fingerprint density at radius 3 is 2.62 bits per heavy atom. The van der Waals surface area contributed by atoms with Crippen molar-refractivity contribution in [1.29, 1.82) is 0 Å². The van der Waals surface area contributed by atoms with E-state index in [1.165, 1.54) is 6.07 Å². The van der Waals surface area contributed by atoms with E-state index in [1.54, 1.807) is 13.0 Å². The predicted octanol–water partition coefficient (Wildman–Crippen LogP) is 0.836. The zero-order chi connectivity index (χ0) is 15.9. The fraction of sp³-hybridized carbons (Fsp3) is 0.500. The summed E-state index contributed by atoms with van der Waals surface area (Å²) in [6, 6.07) is 2.99. The Morgan fingerprint density at radius 2 is 2.00 bits per heavy atom. The lowest BCUT2D eigenvalue weighted by molar-refractivity contribution is 0.0956. The summed E-state index contributed by atoms with van der Waals surface area (Å²) < 4.78 is 25.2. The van der Waals surface area contributed by atoms with E-state index in [2.05, 4.69) is 20.3 Å². The van der Waals surface area contributed by atoms with E-state index < -0.39 is 15.9 Å². The van der Waals surface area contributed by atoms with Crippen LogP contribution in [-0.2, 0) is 10.0 Å². The van der Waals surface area contributed by atoms with E-state index in [0.717, 1.165) is 0 Å². The lowest BCUT2D eigenvalue weighted by Gasteiger charge is -2.08. The molecule has 0 radical (unpaired) electrons. The van der Waals surface area contributed by atoms with E-state index in [9.17, 15) is 13.2 Å². The zero-order valence-electron chi connectivity index (χ0n) is 11.9. The van der Waals surface area contributed by atoms with Crippen LogP contribution in [0.2, 0.25) is 5.15 Å². The van der Waals surface area contributed by atoms with Crippen LogP contribution in [0, 0.1) is 0 Å². The highest BCUT2D eigenvalue weighted by Crippen LogP contribution is 2.14. The first-order chi connectivity index (χ1) is 9.88. The number of carbonyl (C=O) groups excluding carboxylic acids is 1. The van der Waals surface area contributed by atoms with E-state index in [1.807, 2.05) is 6.92 Å². The molecule has 0 atom stereocenters. The van der Waals surface area contributed by atoms with Crippen LogP contribution in [0.3, 0.4) is 0 Å². The van der Waals surface area contributed by atoms with Gasteiger partial charge in [0.1, 0.15) is 11.0 Å². The van der Waals surface area contributed by atoms with Crippen molar-refractivity contribution in [2.75, 3.05) is 30.7 Å². The number of anilines is 1. The summed E-state index contributed by atoms with van der Waals surface area (Å²) in [4.78, 5) is 16.0. The molecule has 0 fully saturated rings. The topological polar surface area (TPSA) is 100 Å². The second-order valence-corrected chi connectivity index (χ2v) is 6.48. The number of aromatic nitrogens is 1. The normalized spacial score (nSPS) is 11.2. The molecule has 0 saturated carbocycles. The summed E-state index contributed by atoms with van der Waals surface area (Å²) in [6.45, 7) is 4.58. The molecule has 1 heterocycles. The molecule has 0 aliphatic heterocycles. The highest BCUT2D eigenvalue weighted by atomic mass is 35.5. The number of halogens is 1. The van der Waals surface area contributed by atoms with Gasteiger partial charge in [0.15, 0.2) is 0 Å². The molecule has 21 heavy (non-hydrogen) atoms. The molecule has 0 unspecified atom stereocenters. The number of sulfonamides is 1. The maximum absolute atomic E-state index is 12.0. The van der Waals surface area contributed by atoms with Crippen molar-refractivity contribution < 1.29 is 13.2 Å². The molecule has 1 aromatic heterocycles. The third kappa shape index (κ3) is 6.28. The second-order valence-electron chi connectivity index (χ2n) is 4.17. The van der Waals surface area contributed by atoms with Crippen molar-refractivity contribution >= 4 is 33.3 Å². The summed E-state index contributed by atoms with van der Waals surface area (Å²) in [5, 5.41) is 5.69. The Hall–Kier alpha value is -1.38. The molecule has 0 bridgehead atoms. The molecule has 3 N–H and O–H groups in total. The first-order valence-corrected chi connectivity index (χ1v) is 8.58. The Bertz CT molecular complexity index is 592. The minimum atomic E-state index is -3.35. The van der Waals surface area contributed by atoms with Gasteiger partial charge in [0.2, 0.25) is 10.0 Å². The summed E-state index contributed by atoms with van der Waals surface area (Å²) >= 11 is 5.84. The Labute approximate surface area is 129 Å². The monoisotopic (exact) mass is 334 g/mol. The van der Waals surface area contributed by atoms with Gasteiger partial charge in [-0.3, -0.25) is 4.79 Å². The average molecular weight is 335 g/mol. The number of hydrogen-bond acceptors (Lipinski definition) is 5. The fourth-order valence-corrected chi connectivity index (χ4v) is 2.76. The van der Waals surface area contributed by atoms with Crippen LogP contribution in [0.25, 0.3) is 0 Å². The quantitative estimate of drug-likeness (QED) is 0.612. The van der Waals surface area contributed by atoms with Gasteiger partial charge >= 0.3 is 0 Å². The second kappa shape index (κ2) is 8.16. The van der Waals surface area contributed by atoms with Crippen LogP contribution >= 0.6 is 11.6 Å². The Balaban J connectivity index is 2.64. The summed E-state index contributed by atoms with van der Waals surface area (Å²) in [7, 11) is -3.35. The minimum Gasteiger partial charge on any atom is -0.370 e. The van der Waals surface area contributed by atoms with Gasteiger partial charge in [-0.05, 0) is 19.1 Å². The number of pyridine rings is 1. The van der Waals surface area contributed by atoms with Gasteiger partial charge in [0.05, 0.1) is 5.75 Å².